The third-order valence-electron chi connectivity index (χ3n) is 2.19. The lowest BCUT2D eigenvalue weighted by atomic mass is 10.2. The van der Waals surface area contributed by atoms with Gasteiger partial charge in [0.1, 0.15) is 6.04 Å². The molecular formula is C11H14N2O4S. The average Bonchev–Trinajstić information content (AvgIpc) is 2.28. The molecule has 0 aliphatic rings. The fourth-order valence-corrected chi connectivity index (χ4v) is 2.47. The minimum atomic E-state index is -3.88. The number of nitrogens with one attached hydrogen (secondary N) is 1. The Kier molecular flexibility index (Phi) is 4.46. The Labute approximate surface area is 105 Å². The van der Waals surface area contributed by atoms with Crippen molar-refractivity contribution in [2.75, 3.05) is 5.73 Å². The van der Waals surface area contributed by atoms with Gasteiger partial charge in [-0.05, 0) is 30.7 Å². The van der Waals surface area contributed by atoms with Crippen LogP contribution >= 0.6 is 0 Å². The molecule has 0 saturated carbocycles. The third kappa shape index (κ3) is 3.57. The molecule has 1 unspecified atom stereocenters. The van der Waals surface area contributed by atoms with Gasteiger partial charge in [-0.3, -0.25) is 4.79 Å². The van der Waals surface area contributed by atoms with E-state index in [0.717, 1.165) is 0 Å². The number of benzene rings is 1. The van der Waals surface area contributed by atoms with Gasteiger partial charge in [0.05, 0.1) is 4.90 Å². The van der Waals surface area contributed by atoms with Gasteiger partial charge in [0.15, 0.2) is 0 Å². The Hall–Kier alpha value is -1.86. The number of carbonyl (C=O) groups is 1. The van der Waals surface area contributed by atoms with Crippen molar-refractivity contribution in [3.05, 3.63) is 36.9 Å². The van der Waals surface area contributed by atoms with E-state index >= 15 is 0 Å². The monoisotopic (exact) mass is 270 g/mol. The zero-order valence-corrected chi connectivity index (χ0v) is 10.4. The van der Waals surface area contributed by atoms with Gasteiger partial charge in [-0.1, -0.05) is 6.08 Å². The van der Waals surface area contributed by atoms with E-state index in [1.54, 1.807) is 0 Å². The highest BCUT2D eigenvalue weighted by molar-refractivity contribution is 7.89. The van der Waals surface area contributed by atoms with Gasteiger partial charge in [-0.25, -0.2) is 8.42 Å². The van der Waals surface area contributed by atoms with E-state index in [-0.39, 0.29) is 11.3 Å². The van der Waals surface area contributed by atoms with Gasteiger partial charge < -0.3 is 10.8 Å². The van der Waals surface area contributed by atoms with Crippen molar-refractivity contribution in [1.82, 2.24) is 4.72 Å². The molecule has 98 valence electrons. The Balaban J connectivity index is 2.96. The van der Waals surface area contributed by atoms with Crippen molar-refractivity contribution in [2.24, 2.45) is 0 Å². The number of carboxylic acids is 1. The molecule has 0 aromatic heterocycles. The summed E-state index contributed by atoms with van der Waals surface area (Å²) in [6, 6.07) is 4.25. The summed E-state index contributed by atoms with van der Waals surface area (Å²) >= 11 is 0. The highest BCUT2D eigenvalue weighted by Crippen LogP contribution is 2.12. The lowest BCUT2D eigenvalue weighted by Gasteiger charge is -2.13. The van der Waals surface area contributed by atoms with Crippen molar-refractivity contribution in [1.29, 1.82) is 0 Å². The average molecular weight is 270 g/mol. The molecule has 0 heterocycles. The number of rotatable bonds is 6. The molecule has 0 amide bonds. The van der Waals surface area contributed by atoms with Crippen LogP contribution < -0.4 is 10.5 Å². The van der Waals surface area contributed by atoms with Gasteiger partial charge >= 0.3 is 5.97 Å². The van der Waals surface area contributed by atoms with Crippen molar-refractivity contribution in [2.45, 2.75) is 17.4 Å². The first-order valence-corrected chi connectivity index (χ1v) is 6.56. The second-order valence-corrected chi connectivity index (χ2v) is 5.32. The number of anilines is 1. The largest absolute Gasteiger partial charge is 0.480 e. The molecule has 4 N–H and O–H groups in total. The van der Waals surface area contributed by atoms with E-state index in [1.165, 1.54) is 30.3 Å². The number of nitrogen functional groups attached to an aromatic ring is 1. The zero-order chi connectivity index (χ0) is 13.8. The Morgan fingerprint density at radius 1 is 1.44 bits per heavy atom. The molecular weight excluding hydrogens is 256 g/mol. The highest BCUT2D eigenvalue weighted by Gasteiger charge is 2.24. The van der Waals surface area contributed by atoms with Gasteiger partial charge in [-0.15, -0.1) is 6.58 Å². The first-order chi connectivity index (χ1) is 8.36. The molecule has 1 atom stereocenters. The molecule has 1 aromatic rings. The van der Waals surface area contributed by atoms with Crippen LogP contribution in [0, 0.1) is 0 Å². The maximum atomic E-state index is 11.9. The number of hydrogen-bond acceptors (Lipinski definition) is 4. The molecule has 0 saturated heterocycles. The summed E-state index contributed by atoms with van der Waals surface area (Å²) in [6.07, 6.45) is 1.34. The number of hydrogen-bond donors (Lipinski definition) is 3. The second-order valence-electron chi connectivity index (χ2n) is 3.61. The number of sulfonamides is 1. The van der Waals surface area contributed by atoms with E-state index in [2.05, 4.69) is 11.3 Å². The van der Waals surface area contributed by atoms with Crippen LogP contribution in [0.25, 0.3) is 0 Å². The topological polar surface area (TPSA) is 109 Å². The summed E-state index contributed by atoms with van der Waals surface area (Å²) in [6.45, 7) is 3.38. The SMILES string of the molecule is C=CCC(NS(=O)(=O)c1ccc(N)cc1)C(=O)O. The van der Waals surface area contributed by atoms with E-state index in [9.17, 15) is 13.2 Å². The third-order valence-corrected chi connectivity index (χ3v) is 3.68. The quantitative estimate of drug-likeness (QED) is 0.517. The van der Waals surface area contributed by atoms with Crippen LogP contribution in [0.5, 0.6) is 0 Å². The lowest BCUT2D eigenvalue weighted by Crippen LogP contribution is -2.40. The van der Waals surface area contributed by atoms with Gasteiger partial charge in [0.25, 0.3) is 0 Å². The number of nitrogens with two attached hydrogens (primary N) is 1. The minimum absolute atomic E-state index is 0.00351. The van der Waals surface area contributed by atoms with Crippen LogP contribution in [0.2, 0.25) is 0 Å². The normalized spacial score (nSPS) is 12.9. The van der Waals surface area contributed by atoms with Gasteiger partial charge in [0, 0.05) is 5.69 Å². The predicted molar refractivity (Wildman–Crippen MR) is 67.4 cm³/mol. The maximum Gasteiger partial charge on any atom is 0.322 e. The molecule has 1 rings (SSSR count). The summed E-state index contributed by atoms with van der Waals surface area (Å²) in [5, 5.41) is 8.86. The Bertz CT molecular complexity index is 537. The summed E-state index contributed by atoms with van der Waals surface area (Å²) in [4.78, 5) is 10.8. The first kappa shape index (κ1) is 14.2. The van der Waals surface area contributed by atoms with Crippen molar-refractivity contribution in [3.63, 3.8) is 0 Å². The molecule has 18 heavy (non-hydrogen) atoms. The fraction of sp³-hybridized carbons (Fsp3) is 0.182. The van der Waals surface area contributed by atoms with E-state index in [1.807, 2.05) is 0 Å². The summed E-state index contributed by atoms with van der Waals surface area (Å²) in [5.41, 5.74) is 5.87. The number of carboxylic acid groups (broad SMARTS) is 1. The first-order valence-electron chi connectivity index (χ1n) is 5.08. The van der Waals surface area contributed by atoms with Crippen LogP contribution in [0.3, 0.4) is 0 Å². The lowest BCUT2D eigenvalue weighted by molar-refractivity contribution is -0.138. The Morgan fingerprint density at radius 2 is 2.00 bits per heavy atom. The van der Waals surface area contributed by atoms with E-state index in [0.29, 0.717) is 5.69 Å². The Morgan fingerprint density at radius 3 is 2.44 bits per heavy atom. The standard InChI is InChI=1S/C11H14N2O4S/c1-2-3-10(11(14)15)13-18(16,17)9-6-4-8(12)5-7-9/h2,4-7,10,13H,1,3,12H2,(H,14,15). The van der Waals surface area contributed by atoms with E-state index in [4.69, 9.17) is 10.8 Å². The molecule has 1 aromatic carbocycles. The molecule has 0 radical (unpaired) electrons. The van der Waals surface area contributed by atoms with Crippen LogP contribution in [0.1, 0.15) is 6.42 Å². The molecule has 0 fully saturated rings. The molecule has 0 bridgehead atoms. The fourth-order valence-electron chi connectivity index (χ4n) is 1.27. The van der Waals surface area contributed by atoms with E-state index < -0.39 is 22.0 Å². The van der Waals surface area contributed by atoms with Crippen LogP contribution in [0.4, 0.5) is 5.69 Å². The smallest absolute Gasteiger partial charge is 0.322 e. The molecule has 0 spiro atoms. The molecule has 0 aliphatic heterocycles. The number of aliphatic carboxylic acids is 1. The van der Waals surface area contributed by atoms with Crippen molar-refractivity contribution >= 4 is 21.7 Å². The predicted octanol–water partition coefficient (Wildman–Crippen LogP) is 0.576. The molecule has 7 heteroatoms. The van der Waals surface area contributed by atoms with Crippen LogP contribution in [0.15, 0.2) is 41.8 Å². The summed E-state index contributed by atoms with van der Waals surface area (Å²) < 4.78 is 25.9. The van der Waals surface area contributed by atoms with Gasteiger partial charge in [0.2, 0.25) is 10.0 Å². The summed E-state index contributed by atoms with van der Waals surface area (Å²) in [5.74, 6) is -1.26. The van der Waals surface area contributed by atoms with Crippen molar-refractivity contribution in [3.8, 4) is 0 Å². The highest BCUT2D eigenvalue weighted by atomic mass is 32.2. The minimum Gasteiger partial charge on any atom is -0.480 e. The van der Waals surface area contributed by atoms with Crippen molar-refractivity contribution < 1.29 is 18.3 Å². The molecule has 0 aliphatic carbocycles. The zero-order valence-electron chi connectivity index (χ0n) is 9.54. The second kappa shape index (κ2) is 5.65. The molecule has 6 nitrogen and oxygen atoms in total. The summed E-state index contributed by atoms with van der Waals surface area (Å²) in [7, 11) is -3.88. The van der Waals surface area contributed by atoms with Crippen LogP contribution in [-0.2, 0) is 14.8 Å². The maximum absolute atomic E-state index is 11.9. The van der Waals surface area contributed by atoms with Crippen LogP contribution in [-0.4, -0.2) is 25.5 Å². The van der Waals surface area contributed by atoms with Gasteiger partial charge in [-0.2, -0.15) is 4.72 Å².